The van der Waals surface area contributed by atoms with Gasteiger partial charge in [-0.05, 0) is 36.5 Å². The average molecular weight is 325 g/mol. The largest absolute Gasteiger partial charge is 0.490 e. The summed E-state index contributed by atoms with van der Waals surface area (Å²) >= 11 is 3.93. The van der Waals surface area contributed by atoms with Crippen molar-refractivity contribution in [3.05, 3.63) is 29.3 Å². The van der Waals surface area contributed by atoms with Crippen molar-refractivity contribution in [2.45, 2.75) is 63.8 Å². The third-order valence-electron chi connectivity index (χ3n) is 4.11. The van der Waals surface area contributed by atoms with Crippen LogP contribution in [0.1, 0.15) is 62.4 Å². The summed E-state index contributed by atoms with van der Waals surface area (Å²) in [4.78, 5) is 0.477. The lowest BCUT2D eigenvalue weighted by Gasteiger charge is -2.22. The first-order chi connectivity index (χ1) is 9.15. The van der Waals surface area contributed by atoms with E-state index in [1.807, 2.05) is 0 Å². The van der Waals surface area contributed by atoms with Crippen molar-refractivity contribution in [3.8, 4) is 5.75 Å². The highest BCUT2D eigenvalue weighted by atomic mass is 79.9. The molecule has 0 N–H and O–H groups in total. The van der Waals surface area contributed by atoms with Gasteiger partial charge in [-0.15, -0.1) is 0 Å². The summed E-state index contributed by atoms with van der Waals surface area (Å²) in [5.41, 5.74) is 2.79. The van der Waals surface area contributed by atoms with Crippen molar-refractivity contribution in [2.75, 3.05) is 0 Å². The van der Waals surface area contributed by atoms with Gasteiger partial charge in [0.2, 0.25) is 0 Å². The molecule has 1 nitrogen and oxygen atoms in total. The van der Waals surface area contributed by atoms with E-state index in [0.29, 0.717) is 10.9 Å². The summed E-state index contributed by atoms with van der Waals surface area (Å²) in [7, 11) is 0. The van der Waals surface area contributed by atoms with Gasteiger partial charge < -0.3 is 4.74 Å². The fourth-order valence-corrected chi connectivity index (χ4v) is 3.83. The zero-order chi connectivity index (χ0) is 13.8. The monoisotopic (exact) mass is 324 g/mol. The Bertz CT molecular complexity index is 416. The second kappa shape index (κ2) is 6.78. The molecule has 2 rings (SSSR count). The Morgan fingerprint density at radius 2 is 2.16 bits per heavy atom. The lowest BCUT2D eigenvalue weighted by Crippen LogP contribution is -2.07. The topological polar surface area (TPSA) is 9.23 Å². The molecule has 3 atom stereocenters. The number of ether oxygens (including phenoxy) is 1. The van der Waals surface area contributed by atoms with Gasteiger partial charge in [0.25, 0.3) is 0 Å². The summed E-state index contributed by atoms with van der Waals surface area (Å²) in [6, 6.07) is 6.71. The van der Waals surface area contributed by atoms with Crippen molar-refractivity contribution < 1.29 is 4.74 Å². The SMILES string of the molecule is CCCCC(CC)C(Br)c1ccc2c(c1)CC(C)O2. The standard InChI is InChI=1S/C17H25BrO/c1-4-6-7-13(5-2)17(18)14-8-9-16-15(11-14)10-12(3)19-16/h8-9,11-13,17H,4-7,10H2,1-3H3. The lowest BCUT2D eigenvalue weighted by molar-refractivity contribution is 0.254. The van der Waals surface area contributed by atoms with Gasteiger partial charge >= 0.3 is 0 Å². The van der Waals surface area contributed by atoms with Crippen LogP contribution in [0.2, 0.25) is 0 Å². The number of benzene rings is 1. The zero-order valence-corrected chi connectivity index (χ0v) is 13.9. The second-order valence-corrected chi connectivity index (χ2v) is 6.70. The fourth-order valence-electron chi connectivity index (χ4n) is 2.91. The molecule has 19 heavy (non-hydrogen) atoms. The molecular weight excluding hydrogens is 300 g/mol. The van der Waals surface area contributed by atoms with Gasteiger partial charge in [0.15, 0.2) is 0 Å². The molecule has 1 aliphatic rings. The number of fused-ring (bicyclic) bond motifs is 1. The molecule has 1 aromatic rings. The van der Waals surface area contributed by atoms with Gasteiger partial charge in [-0.2, -0.15) is 0 Å². The van der Waals surface area contributed by atoms with E-state index in [-0.39, 0.29) is 0 Å². The Labute approximate surface area is 125 Å². The van der Waals surface area contributed by atoms with Gasteiger partial charge in [0.05, 0.1) is 0 Å². The summed E-state index contributed by atoms with van der Waals surface area (Å²) in [6.45, 7) is 6.71. The van der Waals surface area contributed by atoms with Crippen LogP contribution in [-0.4, -0.2) is 6.10 Å². The maximum absolute atomic E-state index is 5.78. The summed E-state index contributed by atoms with van der Waals surface area (Å²) < 4.78 is 5.78. The van der Waals surface area contributed by atoms with Gasteiger partial charge in [-0.3, -0.25) is 0 Å². The van der Waals surface area contributed by atoms with Gasteiger partial charge in [-0.25, -0.2) is 0 Å². The zero-order valence-electron chi connectivity index (χ0n) is 12.3. The molecule has 2 heteroatoms. The Kier molecular flexibility index (Phi) is 5.32. The van der Waals surface area contributed by atoms with Gasteiger partial charge in [-0.1, -0.05) is 61.2 Å². The van der Waals surface area contributed by atoms with E-state index < -0.39 is 0 Å². The lowest BCUT2D eigenvalue weighted by atomic mass is 9.91. The highest BCUT2D eigenvalue weighted by Gasteiger charge is 2.23. The normalized spacial score (nSPS) is 20.7. The van der Waals surface area contributed by atoms with Crippen LogP contribution in [0.15, 0.2) is 18.2 Å². The molecule has 3 unspecified atom stereocenters. The van der Waals surface area contributed by atoms with Crippen LogP contribution in [0.3, 0.4) is 0 Å². The Hall–Kier alpha value is -0.500. The molecule has 106 valence electrons. The van der Waals surface area contributed by atoms with Crippen molar-refractivity contribution in [3.63, 3.8) is 0 Å². The average Bonchev–Trinajstić information content (AvgIpc) is 2.78. The van der Waals surface area contributed by atoms with Crippen LogP contribution in [0.4, 0.5) is 0 Å². The van der Waals surface area contributed by atoms with Crippen molar-refractivity contribution in [1.82, 2.24) is 0 Å². The molecule has 0 amide bonds. The predicted octanol–water partition coefficient (Wildman–Crippen LogP) is 5.66. The molecular formula is C17H25BrO. The second-order valence-electron chi connectivity index (χ2n) is 5.71. The Balaban J connectivity index is 2.10. The molecule has 0 fully saturated rings. The van der Waals surface area contributed by atoms with E-state index in [1.165, 1.54) is 36.8 Å². The van der Waals surface area contributed by atoms with Crippen LogP contribution in [0.5, 0.6) is 5.75 Å². The van der Waals surface area contributed by atoms with E-state index in [2.05, 4.69) is 54.9 Å². The highest BCUT2D eigenvalue weighted by molar-refractivity contribution is 9.09. The van der Waals surface area contributed by atoms with Crippen LogP contribution >= 0.6 is 15.9 Å². The fraction of sp³-hybridized carbons (Fsp3) is 0.647. The van der Waals surface area contributed by atoms with Crippen LogP contribution in [-0.2, 0) is 6.42 Å². The van der Waals surface area contributed by atoms with E-state index >= 15 is 0 Å². The van der Waals surface area contributed by atoms with Crippen LogP contribution in [0, 0.1) is 5.92 Å². The van der Waals surface area contributed by atoms with E-state index in [4.69, 9.17) is 4.74 Å². The van der Waals surface area contributed by atoms with Crippen molar-refractivity contribution in [2.24, 2.45) is 5.92 Å². The minimum absolute atomic E-state index is 0.334. The van der Waals surface area contributed by atoms with Gasteiger partial charge in [0.1, 0.15) is 11.9 Å². The summed E-state index contributed by atoms with van der Waals surface area (Å²) in [6.07, 6.45) is 6.54. The summed E-state index contributed by atoms with van der Waals surface area (Å²) in [5.74, 6) is 1.82. The van der Waals surface area contributed by atoms with Gasteiger partial charge in [0, 0.05) is 11.2 Å². The van der Waals surface area contributed by atoms with Crippen molar-refractivity contribution in [1.29, 1.82) is 0 Å². The minimum Gasteiger partial charge on any atom is -0.490 e. The number of hydrogen-bond donors (Lipinski definition) is 0. The minimum atomic E-state index is 0.334. The van der Waals surface area contributed by atoms with Crippen molar-refractivity contribution >= 4 is 15.9 Å². The Morgan fingerprint density at radius 1 is 1.37 bits per heavy atom. The quantitative estimate of drug-likeness (QED) is 0.613. The molecule has 1 aliphatic heterocycles. The molecule has 0 aliphatic carbocycles. The first kappa shape index (κ1) is 14.9. The molecule has 0 saturated heterocycles. The molecule has 0 saturated carbocycles. The maximum atomic E-state index is 5.78. The summed E-state index contributed by atoms with van der Waals surface area (Å²) in [5, 5.41) is 0. The molecule has 1 aromatic carbocycles. The molecule has 0 spiro atoms. The third-order valence-corrected chi connectivity index (χ3v) is 5.38. The molecule has 0 bridgehead atoms. The number of hydrogen-bond acceptors (Lipinski definition) is 1. The van der Waals surface area contributed by atoms with Crippen LogP contribution in [0.25, 0.3) is 0 Å². The first-order valence-corrected chi connectivity index (χ1v) is 8.50. The predicted molar refractivity (Wildman–Crippen MR) is 85.2 cm³/mol. The van der Waals surface area contributed by atoms with E-state index in [0.717, 1.165) is 18.1 Å². The number of rotatable bonds is 6. The number of unbranched alkanes of at least 4 members (excludes halogenated alkanes) is 1. The highest BCUT2D eigenvalue weighted by Crippen LogP contribution is 2.39. The van der Waals surface area contributed by atoms with E-state index in [9.17, 15) is 0 Å². The van der Waals surface area contributed by atoms with Crippen LogP contribution < -0.4 is 4.74 Å². The molecule has 0 aromatic heterocycles. The maximum Gasteiger partial charge on any atom is 0.123 e. The first-order valence-electron chi connectivity index (χ1n) is 7.59. The number of alkyl halides is 1. The third kappa shape index (κ3) is 3.53. The smallest absolute Gasteiger partial charge is 0.123 e. The Morgan fingerprint density at radius 3 is 2.84 bits per heavy atom. The molecule has 0 radical (unpaired) electrons. The molecule has 1 heterocycles. The van der Waals surface area contributed by atoms with E-state index in [1.54, 1.807) is 0 Å². The number of halogens is 1.